The number of likely N-dealkylation sites (tertiary alicyclic amines) is 1. The normalized spacial score (nSPS) is 26.5. The first-order chi connectivity index (χ1) is 12.1. The summed E-state index contributed by atoms with van der Waals surface area (Å²) in [5.41, 5.74) is 0.282. The molecule has 3 atom stereocenters. The molecule has 25 heavy (non-hydrogen) atoms. The van der Waals surface area contributed by atoms with Crippen molar-refractivity contribution < 1.29 is 18.8 Å². The van der Waals surface area contributed by atoms with Crippen LogP contribution in [0.5, 0.6) is 0 Å². The topological polar surface area (TPSA) is 79.5 Å². The van der Waals surface area contributed by atoms with Crippen molar-refractivity contribution in [2.75, 3.05) is 0 Å². The maximum Gasteiger partial charge on any atom is 0.320 e. The number of aromatic nitrogens is 2. The Balaban J connectivity index is 1.56. The molecule has 3 unspecified atom stereocenters. The van der Waals surface area contributed by atoms with Crippen molar-refractivity contribution in [3.63, 3.8) is 0 Å². The maximum absolute atomic E-state index is 13.9. The molecular formula is C18H20FN3O3. The molecule has 1 N–H and O–H groups in total. The minimum Gasteiger partial charge on any atom is -0.480 e. The van der Waals surface area contributed by atoms with Gasteiger partial charge >= 0.3 is 5.97 Å². The number of carboxylic acids is 1. The predicted molar refractivity (Wildman–Crippen MR) is 87.0 cm³/mol. The van der Waals surface area contributed by atoms with Crippen LogP contribution in [0.2, 0.25) is 0 Å². The van der Waals surface area contributed by atoms with E-state index >= 15 is 0 Å². The van der Waals surface area contributed by atoms with E-state index in [0.717, 1.165) is 19.3 Å². The zero-order valence-electron chi connectivity index (χ0n) is 13.8. The average molecular weight is 345 g/mol. The fourth-order valence-corrected chi connectivity index (χ4v) is 4.25. The number of rotatable bonds is 4. The van der Waals surface area contributed by atoms with Gasteiger partial charge in [0.25, 0.3) is 0 Å². The molecular weight excluding hydrogens is 325 g/mol. The largest absolute Gasteiger partial charge is 0.480 e. The van der Waals surface area contributed by atoms with Crippen molar-refractivity contribution in [1.29, 1.82) is 0 Å². The van der Waals surface area contributed by atoms with E-state index in [1.165, 1.54) is 12.5 Å². The van der Waals surface area contributed by atoms with Gasteiger partial charge in [0.15, 0.2) is 0 Å². The lowest BCUT2D eigenvalue weighted by atomic mass is 9.85. The van der Waals surface area contributed by atoms with Gasteiger partial charge in [0, 0.05) is 6.04 Å². The molecule has 6 nitrogen and oxygen atoms in total. The van der Waals surface area contributed by atoms with Crippen LogP contribution in [0.15, 0.2) is 28.8 Å². The summed E-state index contributed by atoms with van der Waals surface area (Å²) in [7, 11) is 0. The van der Waals surface area contributed by atoms with Crippen LogP contribution in [0, 0.1) is 11.7 Å². The van der Waals surface area contributed by atoms with E-state index in [9.17, 15) is 14.3 Å². The second-order valence-electron chi connectivity index (χ2n) is 6.87. The minimum atomic E-state index is -0.803. The van der Waals surface area contributed by atoms with E-state index in [1.54, 1.807) is 18.2 Å². The van der Waals surface area contributed by atoms with Crippen LogP contribution in [-0.4, -0.2) is 38.2 Å². The summed E-state index contributed by atoms with van der Waals surface area (Å²) in [6.07, 6.45) is 5.04. The number of nitrogens with zero attached hydrogens (tertiary/aromatic N) is 3. The summed E-state index contributed by atoms with van der Waals surface area (Å²) in [4.78, 5) is 17.9. The second kappa shape index (κ2) is 6.55. The molecule has 1 saturated carbocycles. The van der Waals surface area contributed by atoms with Gasteiger partial charge in [-0.05, 0) is 37.3 Å². The molecule has 0 radical (unpaired) electrons. The number of aliphatic carboxylic acids is 1. The molecule has 1 aromatic heterocycles. The smallest absolute Gasteiger partial charge is 0.320 e. The van der Waals surface area contributed by atoms with Crippen LogP contribution >= 0.6 is 0 Å². The van der Waals surface area contributed by atoms with Crippen LogP contribution in [-0.2, 0) is 11.3 Å². The Morgan fingerprint density at radius 1 is 1.32 bits per heavy atom. The maximum atomic E-state index is 13.9. The van der Waals surface area contributed by atoms with Crippen LogP contribution < -0.4 is 0 Å². The van der Waals surface area contributed by atoms with Gasteiger partial charge in [-0.2, -0.15) is 4.98 Å². The van der Waals surface area contributed by atoms with Gasteiger partial charge in [-0.15, -0.1) is 0 Å². The molecule has 4 rings (SSSR count). The molecule has 0 spiro atoms. The van der Waals surface area contributed by atoms with E-state index in [1.807, 2.05) is 4.90 Å². The monoisotopic (exact) mass is 345 g/mol. The summed E-state index contributed by atoms with van der Waals surface area (Å²) in [5.74, 6) is -0.270. The lowest BCUT2D eigenvalue weighted by molar-refractivity contribution is -0.143. The second-order valence-corrected chi connectivity index (χ2v) is 6.87. The molecule has 7 heteroatoms. The van der Waals surface area contributed by atoms with Gasteiger partial charge in [-0.3, -0.25) is 9.69 Å². The fourth-order valence-electron chi connectivity index (χ4n) is 4.25. The van der Waals surface area contributed by atoms with Crippen LogP contribution in [0.25, 0.3) is 11.4 Å². The summed E-state index contributed by atoms with van der Waals surface area (Å²) in [5, 5.41) is 13.4. The van der Waals surface area contributed by atoms with E-state index in [0.29, 0.717) is 24.8 Å². The molecule has 2 aliphatic rings. The summed E-state index contributed by atoms with van der Waals surface area (Å²) >= 11 is 0. The third kappa shape index (κ3) is 3.04. The van der Waals surface area contributed by atoms with Gasteiger partial charge in [0.05, 0.1) is 12.1 Å². The van der Waals surface area contributed by atoms with Crippen molar-refractivity contribution in [2.24, 2.45) is 5.92 Å². The van der Waals surface area contributed by atoms with Gasteiger partial charge in [-0.25, -0.2) is 4.39 Å². The van der Waals surface area contributed by atoms with Gasteiger partial charge in [0.1, 0.15) is 11.9 Å². The minimum absolute atomic E-state index is 0.194. The Hall–Kier alpha value is -2.28. The molecule has 2 fully saturated rings. The quantitative estimate of drug-likeness (QED) is 0.917. The molecule has 132 valence electrons. The Labute approximate surface area is 144 Å². The highest BCUT2D eigenvalue weighted by Gasteiger charge is 2.45. The van der Waals surface area contributed by atoms with E-state index in [4.69, 9.17) is 4.52 Å². The molecule has 2 aromatic rings. The van der Waals surface area contributed by atoms with Crippen LogP contribution in [0.1, 0.15) is 38.0 Å². The molecule has 0 bridgehead atoms. The number of halogens is 1. The van der Waals surface area contributed by atoms with Crippen LogP contribution in [0.3, 0.4) is 0 Å². The van der Waals surface area contributed by atoms with Crippen molar-refractivity contribution in [3.05, 3.63) is 36.0 Å². The van der Waals surface area contributed by atoms with Gasteiger partial charge in [0.2, 0.25) is 11.7 Å². The third-order valence-corrected chi connectivity index (χ3v) is 5.41. The number of carboxylic acid groups (broad SMARTS) is 1. The lowest BCUT2D eigenvalue weighted by Gasteiger charge is -2.31. The van der Waals surface area contributed by atoms with E-state index < -0.39 is 17.8 Å². The Bertz CT molecular complexity index is 778. The standard InChI is InChI=1S/C18H20FN3O3/c19-13-7-3-2-6-12(13)17-20-16(25-21-17)10-22-14-8-4-1-5-11(14)9-15(22)18(23)24/h2-3,6-7,11,14-15H,1,4-5,8-10H2,(H,23,24). The first-order valence-corrected chi connectivity index (χ1v) is 8.69. The lowest BCUT2D eigenvalue weighted by Crippen LogP contribution is -2.41. The predicted octanol–water partition coefficient (Wildman–Crippen LogP) is 3.09. The van der Waals surface area contributed by atoms with Gasteiger partial charge < -0.3 is 9.63 Å². The van der Waals surface area contributed by atoms with Crippen molar-refractivity contribution in [3.8, 4) is 11.4 Å². The Kier molecular flexibility index (Phi) is 4.25. The Morgan fingerprint density at radius 2 is 2.12 bits per heavy atom. The number of hydrogen-bond acceptors (Lipinski definition) is 5. The molecule has 1 aliphatic heterocycles. The number of hydrogen-bond donors (Lipinski definition) is 1. The van der Waals surface area contributed by atoms with Crippen molar-refractivity contribution >= 4 is 5.97 Å². The highest BCUT2D eigenvalue weighted by molar-refractivity contribution is 5.74. The summed E-state index contributed by atoms with van der Waals surface area (Å²) < 4.78 is 19.2. The molecule has 2 heterocycles. The number of benzene rings is 1. The van der Waals surface area contributed by atoms with Crippen molar-refractivity contribution in [1.82, 2.24) is 15.0 Å². The van der Waals surface area contributed by atoms with Crippen molar-refractivity contribution in [2.45, 2.75) is 50.7 Å². The zero-order valence-corrected chi connectivity index (χ0v) is 13.8. The van der Waals surface area contributed by atoms with E-state index in [-0.39, 0.29) is 17.4 Å². The highest BCUT2D eigenvalue weighted by Crippen LogP contribution is 2.40. The first-order valence-electron chi connectivity index (χ1n) is 8.69. The summed E-state index contributed by atoms with van der Waals surface area (Å²) in [6, 6.07) is 5.98. The molecule has 1 aromatic carbocycles. The fraction of sp³-hybridized carbons (Fsp3) is 0.500. The average Bonchev–Trinajstić information content (AvgIpc) is 3.21. The van der Waals surface area contributed by atoms with E-state index in [2.05, 4.69) is 10.1 Å². The molecule has 0 amide bonds. The molecule has 1 aliphatic carbocycles. The first kappa shape index (κ1) is 16.2. The Morgan fingerprint density at radius 3 is 2.92 bits per heavy atom. The SMILES string of the molecule is O=C(O)C1CC2CCCCC2N1Cc1nc(-c2ccccc2F)no1. The third-order valence-electron chi connectivity index (χ3n) is 5.41. The number of carbonyl (C=O) groups is 1. The van der Waals surface area contributed by atoms with Gasteiger partial charge in [-0.1, -0.05) is 30.1 Å². The highest BCUT2D eigenvalue weighted by atomic mass is 19.1. The van der Waals surface area contributed by atoms with Crippen LogP contribution in [0.4, 0.5) is 4.39 Å². The molecule has 1 saturated heterocycles. The number of fused-ring (bicyclic) bond motifs is 1. The zero-order chi connectivity index (χ0) is 17.4. The summed E-state index contributed by atoms with van der Waals surface area (Å²) in [6.45, 7) is 0.291.